The van der Waals surface area contributed by atoms with Crippen molar-refractivity contribution in [2.75, 3.05) is 6.54 Å². The van der Waals surface area contributed by atoms with Crippen LogP contribution >= 0.6 is 15.9 Å². The molecule has 1 fully saturated rings. The molecule has 0 bridgehead atoms. The van der Waals surface area contributed by atoms with E-state index in [-0.39, 0.29) is 21.0 Å². The Kier molecular flexibility index (Phi) is 4.63. The first-order chi connectivity index (χ1) is 9.26. The maximum Gasteiger partial charge on any atom is 0.245 e. The van der Waals surface area contributed by atoms with Crippen LogP contribution in [-0.4, -0.2) is 21.0 Å². The number of nitrogens with one attached hydrogen (secondary N) is 2. The van der Waals surface area contributed by atoms with Gasteiger partial charge in [-0.3, -0.25) is 0 Å². The highest BCUT2D eigenvalue weighted by molar-refractivity contribution is 9.10. The van der Waals surface area contributed by atoms with Crippen LogP contribution in [0.5, 0.6) is 0 Å². The van der Waals surface area contributed by atoms with E-state index < -0.39 is 10.0 Å². The molecule has 114 valence electrons. The van der Waals surface area contributed by atoms with Gasteiger partial charge in [0.1, 0.15) is 10.7 Å². The van der Waals surface area contributed by atoms with Crippen LogP contribution < -0.4 is 10.0 Å². The van der Waals surface area contributed by atoms with Gasteiger partial charge in [-0.15, -0.1) is 0 Å². The van der Waals surface area contributed by atoms with E-state index in [0.29, 0.717) is 12.3 Å². The lowest BCUT2D eigenvalue weighted by Crippen LogP contribution is -2.28. The summed E-state index contributed by atoms with van der Waals surface area (Å²) < 4.78 is 33.0. The average Bonchev–Trinajstić information content (AvgIpc) is 2.74. The summed E-state index contributed by atoms with van der Waals surface area (Å²) in [4.78, 5) is 0.175. The minimum Gasteiger partial charge on any atom is -0.452 e. The van der Waals surface area contributed by atoms with E-state index in [1.165, 1.54) is 0 Å². The van der Waals surface area contributed by atoms with Gasteiger partial charge in [-0.2, -0.15) is 0 Å². The van der Waals surface area contributed by atoms with Crippen molar-refractivity contribution in [2.45, 2.75) is 51.1 Å². The van der Waals surface area contributed by atoms with Crippen molar-refractivity contribution >= 4 is 26.0 Å². The molecule has 1 aromatic heterocycles. The molecule has 1 aliphatic carbocycles. The summed E-state index contributed by atoms with van der Waals surface area (Å²) in [7, 11) is -3.53. The molecular formula is C13H21BrN2O3S. The van der Waals surface area contributed by atoms with Crippen LogP contribution in [0.4, 0.5) is 0 Å². The van der Waals surface area contributed by atoms with Crippen LogP contribution in [-0.2, 0) is 16.6 Å². The first-order valence-electron chi connectivity index (χ1n) is 6.77. The molecule has 7 heteroatoms. The Morgan fingerprint density at radius 3 is 2.70 bits per heavy atom. The second-order valence-corrected chi connectivity index (χ2v) is 8.30. The largest absolute Gasteiger partial charge is 0.452 e. The highest BCUT2D eigenvalue weighted by Gasteiger charge is 2.48. The summed E-state index contributed by atoms with van der Waals surface area (Å²) in [6.07, 6.45) is 1.89. The van der Waals surface area contributed by atoms with Gasteiger partial charge in [-0.05, 0) is 40.7 Å². The number of furan rings is 1. The van der Waals surface area contributed by atoms with Crippen LogP contribution in [0.1, 0.15) is 39.4 Å². The maximum atomic E-state index is 12.3. The molecule has 1 heterocycles. The minimum atomic E-state index is -3.53. The highest BCUT2D eigenvalue weighted by atomic mass is 79.9. The molecule has 1 unspecified atom stereocenters. The zero-order valence-electron chi connectivity index (χ0n) is 12.0. The minimum absolute atomic E-state index is 0.0102. The lowest BCUT2D eigenvalue weighted by molar-refractivity contribution is 0.460. The number of sulfonamides is 1. The number of hydrogen-bond acceptors (Lipinski definition) is 4. The van der Waals surface area contributed by atoms with Crippen LogP contribution in [0, 0.1) is 5.41 Å². The summed E-state index contributed by atoms with van der Waals surface area (Å²) >= 11 is 3.19. The van der Waals surface area contributed by atoms with E-state index in [1.807, 2.05) is 13.8 Å². The number of halogens is 1. The fourth-order valence-electron chi connectivity index (χ4n) is 1.98. The van der Waals surface area contributed by atoms with E-state index in [9.17, 15) is 8.42 Å². The second kappa shape index (κ2) is 5.79. The Morgan fingerprint density at radius 1 is 1.50 bits per heavy atom. The van der Waals surface area contributed by atoms with E-state index in [0.717, 1.165) is 19.4 Å². The Labute approximate surface area is 128 Å². The van der Waals surface area contributed by atoms with Crippen LogP contribution in [0.2, 0.25) is 0 Å². The van der Waals surface area contributed by atoms with Crippen molar-refractivity contribution in [3.05, 3.63) is 16.5 Å². The van der Waals surface area contributed by atoms with Gasteiger partial charge in [0.2, 0.25) is 10.0 Å². The van der Waals surface area contributed by atoms with Gasteiger partial charge < -0.3 is 9.73 Å². The Morgan fingerprint density at radius 2 is 2.15 bits per heavy atom. The molecule has 1 aliphatic rings. The second-order valence-electron chi connectivity index (χ2n) is 5.89. The third-order valence-corrected chi connectivity index (χ3v) is 5.86. The summed E-state index contributed by atoms with van der Waals surface area (Å²) in [6.45, 7) is 7.56. The van der Waals surface area contributed by atoms with Crippen molar-refractivity contribution in [3.8, 4) is 0 Å². The zero-order chi connectivity index (χ0) is 15.0. The van der Waals surface area contributed by atoms with Crippen molar-refractivity contribution in [3.63, 3.8) is 0 Å². The molecule has 5 nitrogen and oxygen atoms in total. The monoisotopic (exact) mass is 364 g/mol. The lowest BCUT2D eigenvalue weighted by Gasteiger charge is -2.06. The van der Waals surface area contributed by atoms with Gasteiger partial charge >= 0.3 is 0 Å². The third-order valence-electron chi connectivity index (χ3n) is 3.53. The first-order valence-corrected chi connectivity index (χ1v) is 9.05. The molecule has 0 aliphatic heterocycles. The summed E-state index contributed by atoms with van der Waals surface area (Å²) in [5.41, 5.74) is 0.0504. The molecule has 0 saturated heterocycles. The molecule has 0 radical (unpaired) electrons. The quantitative estimate of drug-likeness (QED) is 0.729. The van der Waals surface area contributed by atoms with Gasteiger partial charge in [0.05, 0.1) is 6.54 Å². The molecule has 2 rings (SSSR count). The van der Waals surface area contributed by atoms with Gasteiger partial charge in [-0.25, -0.2) is 13.1 Å². The SMILES string of the molecule is CCCNCc1cc(S(=O)(=O)NC2CC2(C)C)c(Br)o1. The maximum absolute atomic E-state index is 12.3. The summed E-state index contributed by atoms with van der Waals surface area (Å²) in [5.74, 6) is 0.612. The number of rotatable bonds is 7. The Balaban J connectivity index is 2.07. The molecule has 0 aromatic carbocycles. The average molecular weight is 365 g/mol. The fourth-order valence-corrected chi connectivity index (χ4v) is 4.38. The van der Waals surface area contributed by atoms with Crippen molar-refractivity contribution in [2.24, 2.45) is 5.41 Å². The number of hydrogen-bond donors (Lipinski definition) is 2. The van der Waals surface area contributed by atoms with Crippen molar-refractivity contribution in [1.29, 1.82) is 0 Å². The van der Waals surface area contributed by atoms with Gasteiger partial charge in [0.25, 0.3) is 0 Å². The van der Waals surface area contributed by atoms with Crippen molar-refractivity contribution < 1.29 is 12.8 Å². The molecule has 1 aromatic rings. The van der Waals surface area contributed by atoms with Crippen LogP contribution in [0.3, 0.4) is 0 Å². The standard InChI is InChI=1S/C13H21BrN2O3S/c1-4-5-15-8-9-6-10(12(14)19-9)20(17,18)16-11-7-13(11,2)3/h6,11,15-16H,4-5,7-8H2,1-3H3. The Hall–Kier alpha value is -0.370. The molecule has 2 N–H and O–H groups in total. The van der Waals surface area contributed by atoms with E-state index in [2.05, 4.69) is 32.9 Å². The van der Waals surface area contributed by atoms with E-state index >= 15 is 0 Å². The molecule has 1 atom stereocenters. The smallest absolute Gasteiger partial charge is 0.245 e. The normalized spacial score (nSPS) is 21.1. The topological polar surface area (TPSA) is 71.3 Å². The Bertz CT molecular complexity index is 580. The molecule has 0 spiro atoms. The fraction of sp³-hybridized carbons (Fsp3) is 0.692. The summed E-state index contributed by atoms with van der Waals surface area (Å²) in [6, 6.07) is 1.58. The van der Waals surface area contributed by atoms with Crippen LogP contribution in [0.15, 0.2) is 20.0 Å². The molecule has 1 saturated carbocycles. The van der Waals surface area contributed by atoms with Gasteiger partial charge in [0, 0.05) is 12.1 Å². The van der Waals surface area contributed by atoms with Gasteiger partial charge in [0.15, 0.2) is 4.67 Å². The van der Waals surface area contributed by atoms with E-state index in [4.69, 9.17) is 4.42 Å². The summed E-state index contributed by atoms with van der Waals surface area (Å²) in [5, 5.41) is 3.18. The molecular weight excluding hydrogens is 344 g/mol. The van der Waals surface area contributed by atoms with Gasteiger partial charge in [-0.1, -0.05) is 20.8 Å². The first kappa shape index (κ1) is 16.0. The van der Waals surface area contributed by atoms with E-state index in [1.54, 1.807) is 6.07 Å². The highest BCUT2D eigenvalue weighted by Crippen LogP contribution is 2.45. The molecule has 0 amide bonds. The predicted octanol–water partition coefficient (Wildman–Crippen LogP) is 2.62. The third kappa shape index (κ3) is 3.63. The van der Waals surface area contributed by atoms with Crippen molar-refractivity contribution in [1.82, 2.24) is 10.0 Å². The lowest BCUT2D eigenvalue weighted by atomic mass is 10.2. The zero-order valence-corrected chi connectivity index (χ0v) is 14.4. The molecule has 20 heavy (non-hydrogen) atoms. The predicted molar refractivity (Wildman–Crippen MR) is 80.9 cm³/mol. The van der Waals surface area contributed by atoms with Crippen LogP contribution in [0.25, 0.3) is 0 Å².